The predicted molar refractivity (Wildman–Crippen MR) is 17.3 cm³/mol. The minimum absolute atomic E-state index is 0. The van der Waals surface area contributed by atoms with Gasteiger partial charge in [-0.2, -0.15) is 0 Å². The van der Waals surface area contributed by atoms with Gasteiger partial charge in [0.05, 0.1) is 0 Å². The van der Waals surface area contributed by atoms with Gasteiger partial charge in [-0.1, -0.05) is 0 Å². The van der Waals surface area contributed by atoms with Crippen LogP contribution in [0.25, 0.3) is 0 Å². The van der Waals surface area contributed by atoms with E-state index in [1.165, 1.54) is 0 Å². The van der Waals surface area contributed by atoms with E-state index in [-0.39, 0.29) is 75.7 Å². The molecule has 0 atom stereocenters. The molecule has 40 valence electrons. The van der Waals surface area contributed by atoms with Crippen molar-refractivity contribution in [2.24, 2.45) is 0 Å². The first-order chi connectivity index (χ1) is 1.73. The molecule has 0 amide bonds. The minimum atomic E-state index is -2.92. The Morgan fingerprint density at radius 3 is 0.875 bits per heavy atom. The third-order valence-corrected chi connectivity index (χ3v) is 0. The fourth-order valence-corrected chi connectivity index (χ4v) is 0. The Morgan fingerprint density at radius 1 is 0.875 bits per heavy atom. The van der Waals surface area contributed by atoms with E-state index in [0.29, 0.717) is 0 Å². The molecular weight excluding hydrogens is 261 g/mol. The second-order valence-corrected chi connectivity index (χ2v) is 0.289. The normalized spacial score (nSPS) is 3.38. The summed E-state index contributed by atoms with van der Waals surface area (Å²) in [7, 11) is -2.92. The van der Waals surface area contributed by atoms with Crippen LogP contribution in [0.5, 0.6) is 0 Å². The van der Waals surface area contributed by atoms with E-state index in [9.17, 15) is 0 Å². The molecule has 0 radical (unpaired) electrons. The summed E-state index contributed by atoms with van der Waals surface area (Å²) in [5.41, 5.74) is 0. The number of halogens is 2. The van der Waals surface area contributed by atoms with Crippen LogP contribution in [0.15, 0.2) is 0 Å². The summed E-state index contributed by atoms with van der Waals surface area (Å²) in [4.78, 5) is 0. The molecule has 0 fully saturated rings. The van der Waals surface area contributed by atoms with Crippen LogP contribution in [0.3, 0.4) is 0 Å². The molecule has 0 spiro atoms. The molecule has 0 heterocycles. The number of hydrogen-bond donors (Lipinski definition) is 0. The summed E-state index contributed by atoms with van der Waals surface area (Å²) >= 11 is 0. The van der Waals surface area contributed by atoms with Crippen LogP contribution >= 0.6 is 0 Å². The van der Waals surface area contributed by atoms with Gasteiger partial charge in [-0.25, -0.2) is 0 Å². The van der Waals surface area contributed by atoms with Gasteiger partial charge in [0.2, 0.25) is 0 Å². The van der Waals surface area contributed by atoms with E-state index in [1.54, 1.807) is 0 Å². The average molecular weight is 261 g/mol. The van der Waals surface area contributed by atoms with Crippen LogP contribution in [0, 0.1) is 0 Å². The van der Waals surface area contributed by atoms with Crippen molar-refractivity contribution in [2.45, 2.75) is 0 Å². The first-order valence-electron chi connectivity index (χ1n) is 0.707. The van der Waals surface area contributed by atoms with Gasteiger partial charge in [0.1, 0.15) is 0 Å². The largest absolute Gasteiger partial charge is 3.00 e. The zero-order valence-electron chi connectivity index (χ0n) is 3.84. The molecule has 0 rings (SSSR count). The van der Waals surface area contributed by atoms with Gasteiger partial charge < -0.3 is 24.5 Å². The monoisotopic (exact) mass is 262 g/mol. The second-order valence-electron chi connectivity index (χ2n) is 0.289. The smallest absolute Gasteiger partial charge is 1.00 e. The summed E-state index contributed by atoms with van der Waals surface area (Å²) < 4.78 is 0. The van der Waals surface area contributed by atoms with Crippen LogP contribution in [0.2, 0.25) is 0 Å². The molecule has 0 aliphatic heterocycles. The van der Waals surface area contributed by atoms with Gasteiger partial charge in [0.15, 0.2) is 0 Å². The standard InChI is InChI=1S/Al.BO3.Ba.2FH/c;2-1(3)4;;;/h;;;2*1H/q+3;-3;+2;;/p-2. The molecule has 8 heteroatoms. The third kappa shape index (κ3) is 104. The quantitative estimate of drug-likeness (QED) is 0.407. The number of rotatable bonds is 0. The third-order valence-electron chi connectivity index (χ3n) is 0. The van der Waals surface area contributed by atoms with Gasteiger partial charge in [0, 0.05) is 0 Å². The zero-order chi connectivity index (χ0) is 3.58. The van der Waals surface area contributed by atoms with Crippen LogP contribution in [0.4, 0.5) is 0 Å². The molecule has 0 saturated heterocycles. The maximum Gasteiger partial charge on any atom is 3.00 e. The zero-order valence-corrected chi connectivity index (χ0v) is 9.44. The molecule has 3 nitrogen and oxygen atoms in total. The Bertz CT molecular complexity index is 22.0. The first kappa shape index (κ1) is 32.6. The van der Waals surface area contributed by atoms with Gasteiger partial charge in [-0.05, 0) is 0 Å². The molecule has 0 aliphatic rings. The fraction of sp³-hybridized carbons (Fsp3) is 0. The van der Waals surface area contributed by atoms with Gasteiger partial charge in [-0.15, -0.1) is 0 Å². The van der Waals surface area contributed by atoms with Gasteiger partial charge >= 0.3 is 66.2 Å². The Labute approximate surface area is 96.6 Å². The van der Waals surface area contributed by atoms with E-state index in [1.807, 2.05) is 0 Å². The number of hydrogen-bond acceptors (Lipinski definition) is 3. The molecular formula is AlBBaF2O3. The topological polar surface area (TPSA) is 69.2 Å². The maximum atomic E-state index is 8.42. The Hall–Kier alpha value is 1.91. The summed E-state index contributed by atoms with van der Waals surface area (Å²) in [6.45, 7) is 0. The second kappa shape index (κ2) is 23.1. The van der Waals surface area contributed by atoms with Crippen LogP contribution < -0.4 is 24.5 Å². The SMILES string of the molecule is [Al+3].[Ba+2].[F-].[F-].[O-]B([O-])[O-]. The maximum absolute atomic E-state index is 8.42. The summed E-state index contributed by atoms with van der Waals surface area (Å²) in [5, 5.41) is 25.2. The average Bonchev–Trinajstić information content (AvgIpc) is 0.811. The fourth-order valence-electron chi connectivity index (χ4n) is 0. The first-order valence-corrected chi connectivity index (χ1v) is 0.707. The van der Waals surface area contributed by atoms with Crippen molar-refractivity contribution in [3.63, 3.8) is 0 Å². The molecule has 0 unspecified atom stereocenters. The van der Waals surface area contributed by atoms with Crippen LogP contribution in [-0.4, -0.2) is 73.6 Å². The van der Waals surface area contributed by atoms with E-state index in [4.69, 9.17) is 15.1 Å². The van der Waals surface area contributed by atoms with Gasteiger partial charge in [0.25, 0.3) is 0 Å². The molecule has 0 aliphatic carbocycles. The Morgan fingerprint density at radius 2 is 0.875 bits per heavy atom. The van der Waals surface area contributed by atoms with Gasteiger partial charge in [-0.3, -0.25) is 7.32 Å². The van der Waals surface area contributed by atoms with Crippen LogP contribution in [0.1, 0.15) is 0 Å². The molecule has 0 aromatic carbocycles. The van der Waals surface area contributed by atoms with E-state index < -0.39 is 7.32 Å². The van der Waals surface area contributed by atoms with Crippen molar-refractivity contribution in [2.75, 3.05) is 0 Å². The van der Waals surface area contributed by atoms with Crippen molar-refractivity contribution in [1.29, 1.82) is 0 Å². The molecule has 0 aromatic rings. The van der Waals surface area contributed by atoms with Crippen LogP contribution in [-0.2, 0) is 0 Å². The molecule has 8 heavy (non-hydrogen) atoms. The minimum Gasteiger partial charge on any atom is -1.00 e. The summed E-state index contributed by atoms with van der Waals surface area (Å²) in [5.74, 6) is 0. The summed E-state index contributed by atoms with van der Waals surface area (Å²) in [6, 6.07) is 0. The molecule has 0 saturated carbocycles. The van der Waals surface area contributed by atoms with Crippen molar-refractivity contribution in [3.8, 4) is 0 Å². The predicted octanol–water partition coefficient (Wildman–Crippen LogP) is -10.7. The molecule has 0 N–H and O–H groups in total. The van der Waals surface area contributed by atoms with Crippen molar-refractivity contribution >= 4 is 73.6 Å². The van der Waals surface area contributed by atoms with Crippen molar-refractivity contribution in [3.05, 3.63) is 0 Å². The Kier molecular flexibility index (Phi) is 94.3. The van der Waals surface area contributed by atoms with Crippen molar-refractivity contribution in [1.82, 2.24) is 0 Å². The van der Waals surface area contributed by atoms with E-state index >= 15 is 0 Å². The van der Waals surface area contributed by atoms with E-state index in [0.717, 1.165) is 0 Å². The van der Waals surface area contributed by atoms with Crippen molar-refractivity contribution < 1.29 is 24.5 Å². The Balaban J connectivity index is -0.00000000750. The summed E-state index contributed by atoms with van der Waals surface area (Å²) in [6.07, 6.45) is 0. The molecule has 0 aromatic heterocycles. The van der Waals surface area contributed by atoms with E-state index in [2.05, 4.69) is 0 Å². The molecule has 0 bridgehead atoms.